The molecule has 0 aromatic heterocycles. The Labute approximate surface area is 136 Å². The molecule has 1 aliphatic rings. The van der Waals surface area contributed by atoms with Gasteiger partial charge in [-0.15, -0.1) is 0 Å². The molecule has 0 aliphatic heterocycles. The van der Waals surface area contributed by atoms with Crippen LogP contribution in [0.25, 0.3) is 0 Å². The Morgan fingerprint density at radius 1 is 1.23 bits per heavy atom. The van der Waals surface area contributed by atoms with Gasteiger partial charge in [0.25, 0.3) is 0 Å². The van der Waals surface area contributed by atoms with Gasteiger partial charge in [0.15, 0.2) is 11.6 Å². The maximum Gasteiger partial charge on any atom is 0.167 e. The molecule has 0 saturated heterocycles. The van der Waals surface area contributed by atoms with Crippen molar-refractivity contribution in [2.24, 2.45) is 5.92 Å². The zero-order valence-electron chi connectivity index (χ0n) is 13.3. The third kappa shape index (κ3) is 4.08. The topological polar surface area (TPSA) is 43.4 Å². The van der Waals surface area contributed by atoms with Crippen LogP contribution >= 0.6 is 11.8 Å². The van der Waals surface area contributed by atoms with Gasteiger partial charge in [-0.25, -0.2) is 0 Å². The molecule has 1 aliphatic carbocycles. The number of ketones is 2. The van der Waals surface area contributed by atoms with Crippen LogP contribution in [0, 0.1) is 5.92 Å². The molecular formula is C18H22O3S. The lowest BCUT2D eigenvalue weighted by atomic mass is 9.87. The van der Waals surface area contributed by atoms with Gasteiger partial charge < -0.3 is 4.74 Å². The van der Waals surface area contributed by atoms with E-state index in [4.69, 9.17) is 4.74 Å². The average molecular weight is 318 g/mol. The molecule has 2 rings (SSSR count). The summed E-state index contributed by atoms with van der Waals surface area (Å²) in [5.41, 5.74) is 0.783. The fourth-order valence-corrected chi connectivity index (χ4v) is 3.73. The SMILES string of the molecule is CCC1=C(Sc2ccccc2)C(COC(C)C)C(=O)CC1=O. The number of benzene rings is 1. The van der Waals surface area contributed by atoms with Crippen molar-refractivity contribution >= 4 is 23.3 Å². The number of carbonyl (C=O) groups excluding carboxylic acids is 2. The molecule has 1 aromatic carbocycles. The fraction of sp³-hybridized carbons (Fsp3) is 0.444. The van der Waals surface area contributed by atoms with E-state index in [1.165, 1.54) is 11.8 Å². The molecule has 0 saturated carbocycles. The molecule has 0 N–H and O–H groups in total. The first kappa shape index (κ1) is 17.0. The predicted octanol–water partition coefficient (Wildman–Crippen LogP) is 4.03. The van der Waals surface area contributed by atoms with E-state index >= 15 is 0 Å². The highest BCUT2D eigenvalue weighted by atomic mass is 32.2. The van der Waals surface area contributed by atoms with Crippen molar-refractivity contribution < 1.29 is 14.3 Å². The summed E-state index contributed by atoms with van der Waals surface area (Å²) in [6, 6.07) is 9.86. The Kier molecular flexibility index (Phi) is 5.98. The quantitative estimate of drug-likeness (QED) is 0.743. The molecule has 0 amide bonds. The summed E-state index contributed by atoms with van der Waals surface area (Å²) in [5, 5.41) is 0. The number of ether oxygens (including phenoxy) is 1. The zero-order chi connectivity index (χ0) is 16.1. The first-order valence-corrected chi connectivity index (χ1v) is 8.48. The van der Waals surface area contributed by atoms with Crippen LogP contribution in [0.15, 0.2) is 45.7 Å². The molecule has 1 atom stereocenters. The number of hydrogen-bond acceptors (Lipinski definition) is 4. The molecule has 22 heavy (non-hydrogen) atoms. The summed E-state index contributed by atoms with van der Waals surface area (Å²) in [4.78, 5) is 26.4. The lowest BCUT2D eigenvalue weighted by molar-refractivity contribution is -0.129. The van der Waals surface area contributed by atoms with Gasteiger partial charge in [-0.1, -0.05) is 36.9 Å². The van der Waals surface area contributed by atoms with Crippen LogP contribution in [0.2, 0.25) is 0 Å². The molecule has 1 aromatic rings. The van der Waals surface area contributed by atoms with Crippen LogP contribution in [0.4, 0.5) is 0 Å². The Morgan fingerprint density at radius 2 is 1.91 bits per heavy atom. The molecule has 0 spiro atoms. The smallest absolute Gasteiger partial charge is 0.167 e. The third-order valence-corrected chi connectivity index (χ3v) is 4.85. The van der Waals surface area contributed by atoms with Gasteiger partial charge in [0.1, 0.15) is 0 Å². The number of thioether (sulfide) groups is 1. The van der Waals surface area contributed by atoms with E-state index in [1.54, 1.807) is 0 Å². The van der Waals surface area contributed by atoms with E-state index in [2.05, 4.69) is 0 Å². The second-order valence-corrected chi connectivity index (χ2v) is 6.73. The number of carbonyl (C=O) groups is 2. The molecule has 1 unspecified atom stereocenters. The second kappa shape index (κ2) is 7.75. The van der Waals surface area contributed by atoms with Crippen molar-refractivity contribution in [2.75, 3.05) is 6.61 Å². The molecule has 0 bridgehead atoms. The summed E-state index contributed by atoms with van der Waals surface area (Å²) in [6.45, 7) is 6.22. The van der Waals surface area contributed by atoms with E-state index in [0.717, 1.165) is 15.4 Å². The minimum Gasteiger partial charge on any atom is -0.378 e. The number of hydrogen-bond donors (Lipinski definition) is 0. The van der Waals surface area contributed by atoms with Gasteiger partial charge in [0, 0.05) is 15.4 Å². The van der Waals surface area contributed by atoms with E-state index < -0.39 is 0 Å². The van der Waals surface area contributed by atoms with Crippen molar-refractivity contribution in [1.29, 1.82) is 0 Å². The molecule has 0 fully saturated rings. The maximum absolute atomic E-state index is 12.3. The van der Waals surface area contributed by atoms with Crippen LogP contribution in [-0.4, -0.2) is 24.3 Å². The fourth-order valence-electron chi connectivity index (χ4n) is 2.46. The highest BCUT2D eigenvalue weighted by Crippen LogP contribution is 2.39. The van der Waals surface area contributed by atoms with Crippen molar-refractivity contribution in [3.63, 3.8) is 0 Å². The minimum absolute atomic E-state index is 0.00808. The first-order chi connectivity index (χ1) is 10.5. The summed E-state index contributed by atoms with van der Waals surface area (Å²) in [7, 11) is 0. The lowest BCUT2D eigenvalue weighted by Gasteiger charge is -2.26. The molecule has 0 heterocycles. The monoisotopic (exact) mass is 318 g/mol. The maximum atomic E-state index is 12.3. The highest BCUT2D eigenvalue weighted by Gasteiger charge is 2.34. The summed E-state index contributed by atoms with van der Waals surface area (Å²) in [5.74, 6) is -0.381. The lowest BCUT2D eigenvalue weighted by Crippen LogP contribution is -2.31. The molecule has 3 nitrogen and oxygen atoms in total. The largest absolute Gasteiger partial charge is 0.378 e. The van der Waals surface area contributed by atoms with Crippen molar-refractivity contribution in [3.05, 3.63) is 40.8 Å². The van der Waals surface area contributed by atoms with Crippen molar-refractivity contribution in [3.8, 4) is 0 Å². The van der Waals surface area contributed by atoms with E-state index in [1.807, 2.05) is 51.1 Å². The highest BCUT2D eigenvalue weighted by molar-refractivity contribution is 8.03. The predicted molar refractivity (Wildman–Crippen MR) is 88.8 cm³/mol. The van der Waals surface area contributed by atoms with Crippen LogP contribution in [0.1, 0.15) is 33.6 Å². The van der Waals surface area contributed by atoms with Gasteiger partial charge in [0.05, 0.1) is 25.0 Å². The normalized spacial score (nSPS) is 19.2. The Bertz CT molecular complexity index is 575. The number of rotatable bonds is 6. The van der Waals surface area contributed by atoms with Crippen LogP contribution in [-0.2, 0) is 14.3 Å². The summed E-state index contributed by atoms with van der Waals surface area (Å²) < 4.78 is 5.67. The Balaban J connectivity index is 2.33. The van der Waals surface area contributed by atoms with E-state index in [0.29, 0.717) is 13.0 Å². The van der Waals surface area contributed by atoms with Crippen molar-refractivity contribution in [2.45, 2.75) is 44.6 Å². The first-order valence-electron chi connectivity index (χ1n) is 7.66. The van der Waals surface area contributed by atoms with Gasteiger partial charge in [-0.05, 0) is 32.4 Å². The van der Waals surface area contributed by atoms with Gasteiger partial charge in [-0.3, -0.25) is 9.59 Å². The molecular weight excluding hydrogens is 296 g/mol. The van der Waals surface area contributed by atoms with Crippen LogP contribution < -0.4 is 0 Å². The molecule has 4 heteroatoms. The Morgan fingerprint density at radius 3 is 2.50 bits per heavy atom. The number of Topliss-reactive ketones (excluding diaryl/α,β-unsaturated/α-hetero) is 2. The van der Waals surface area contributed by atoms with Gasteiger partial charge in [-0.2, -0.15) is 0 Å². The minimum atomic E-state index is -0.319. The standard InChI is InChI=1S/C18H22O3S/c1-4-14-16(19)10-17(20)15(11-21-12(2)3)18(14)22-13-8-6-5-7-9-13/h5-9,12,15H,4,10-11H2,1-3H3. The van der Waals surface area contributed by atoms with Gasteiger partial charge >= 0.3 is 0 Å². The summed E-state index contributed by atoms with van der Waals surface area (Å²) >= 11 is 1.52. The summed E-state index contributed by atoms with van der Waals surface area (Å²) in [6.07, 6.45) is 0.728. The number of allylic oxidation sites excluding steroid dienone is 1. The zero-order valence-corrected chi connectivity index (χ0v) is 14.1. The van der Waals surface area contributed by atoms with Crippen LogP contribution in [0.3, 0.4) is 0 Å². The second-order valence-electron chi connectivity index (χ2n) is 5.61. The third-order valence-electron chi connectivity index (χ3n) is 3.59. The van der Waals surface area contributed by atoms with Crippen LogP contribution in [0.5, 0.6) is 0 Å². The average Bonchev–Trinajstić information content (AvgIpc) is 2.47. The molecule has 118 valence electrons. The molecule has 0 radical (unpaired) electrons. The van der Waals surface area contributed by atoms with Gasteiger partial charge in [0.2, 0.25) is 0 Å². The van der Waals surface area contributed by atoms with E-state index in [-0.39, 0.29) is 30.0 Å². The Hall–Kier alpha value is -1.39. The van der Waals surface area contributed by atoms with E-state index in [9.17, 15) is 9.59 Å². The van der Waals surface area contributed by atoms with Crippen molar-refractivity contribution in [1.82, 2.24) is 0 Å².